The third-order valence-corrected chi connectivity index (χ3v) is 6.62. The van der Waals surface area contributed by atoms with E-state index in [2.05, 4.69) is 5.32 Å². The Balaban J connectivity index is 0.000000358. The molecule has 2 heterocycles. The maximum atomic E-state index is 13.2. The monoisotopic (exact) mass is 533 g/mol. The summed E-state index contributed by atoms with van der Waals surface area (Å²) in [7, 11) is 3.83. The molecule has 1 aliphatic heterocycles. The number of piperidine rings is 1. The number of carbonyl (C=O) groups excluding carboxylic acids is 2. The predicted molar refractivity (Wildman–Crippen MR) is 147 cm³/mol. The molecule has 1 fully saturated rings. The minimum absolute atomic E-state index is 0.0150. The van der Waals surface area contributed by atoms with Gasteiger partial charge in [-0.1, -0.05) is 0 Å². The number of nitrogens with one attached hydrogen (secondary N) is 1. The Morgan fingerprint density at radius 2 is 1.87 bits per heavy atom. The van der Waals surface area contributed by atoms with Crippen molar-refractivity contribution in [1.29, 1.82) is 0 Å². The molecule has 1 aromatic carbocycles. The van der Waals surface area contributed by atoms with E-state index in [4.69, 9.17) is 15.3 Å². The zero-order valence-corrected chi connectivity index (χ0v) is 23.6. The Labute approximate surface area is 226 Å². The average Bonchev–Trinajstić information content (AvgIpc) is 3.20. The molecule has 38 heavy (non-hydrogen) atoms. The van der Waals surface area contributed by atoms with Crippen molar-refractivity contribution in [3.63, 3.8) is 0 Å². The Kier molecular flexibility index (Phi) is 12.4. The maximum Gasteiger partial charge on any atom is 0.293 e. The van der Waals surface area contributed by atoms with Crippen LogP contribution in [0.3, 0.4) is 0 Å². The summed E-state index contributed by atoms with van der Waals surface area (Å²) in [4.78, 5) is 30.7. The van der Waals surface area contributed by atoms with Crippen LogP contribution in [0, 0.1) is 25.6 Å². The number of likely N-dealkylation sites (N-methyl/N-ethyl adjacent to an activating group) is 2. The van der Waals surface area contributed by atoms with E-state index in [-0.39, 0.29) is 17.3 Å². The summed E-state index contributed by atoms with van der Waals surface area (Å²) in [6, 6.07) is 8.15. The van der Waals surface area contributed by atoms with Crippen molar-refractivity contribution in [3.8, 4) is 5.69 Å². The first-order valence-electron chi connectivity index (χ1n) is 13.1. The van der Waals surface area contributed by atoms with Crippen molar-refractivity contribution in [2.75, 3.05) is 53.4 Å². The number of likely N-dealkylation sites (tertiary alicyclic amines) is 1. The summed E-state index contributed by atoms with van der Waals surface area (Å²) in [5.74, 6) is 0.0473. The number of hydrogen-bond donors (Lipinski definition) is 2. The zero-order chi connectivity index (χ0) is 28.3. The van der Waals surface area contributed by atoms with Crippen LogP contribution in [0.15, 0.2) is 30.3 Å². The summed E-state index contributed by atoms with van der Waals surface area (Å²) in [6.07, 6.45) is 1.66. The lowest BCUT2D eigenvalue weighted by Gasteiger charge is -2.31. The van der Waals surface area contributed by atoms with Crippen molar-refractivity contribution < 1.29 is 23.6 Å². The first-order valence-corrected chi connectivity index (χ1v) is 13.1. The normalized spacial score (nSPS) is 14.3. The van der Waals surface area contributed by atoms with Crippen molar-refractivity contribution in [3.05, 3.63) is 53.1 Å². The molecule has 0 spiro atoms. The number of amides is 1. The van der Waals surface area contributed by atoms with E-state index in [1.54, 1.807) is 12.1 Å². The van der Waals surface area contributed by atoms with Gasteiger partial charge in [-0.2, -0.15) is 5.06 Å². The standard InChI is InChI=1S/C20H23FN2O3.C8H21N3O/c1-14-11-19(15(2)23(14)18-5-3-17(21)4-6-18)20(25)22-9-7-16(8-10-22)12-26-13-24;1-8(2,7-9)12-11(4)6-5-10-3/h3-6,11,13,16H,7-10,12H2,1-2H3;10H,5-7,9H2,1-4H3. The number of rotatable bonds is 11. The van der Waals surface area contributed by atoms with Crippen LogP contribution in [0.25, 0.3) is 5.69 Å². The highest BCUT2D eigenvalue weighted by atomic mass is 19.1. The molecule has 0 bridgehead atoms. The van der Waals surface area contributed by atoms with Gasteiger partial charge in [-0.05, 0) is 83.8 Å². The third kappa shape index (κ3) is 9.20. The highest BCUT2D eigenvalue weighted by molar-refractivity contribution is 5.96. The van der Waals surface area contributed by atoms with Gasteiger partial charge in [-0.15, -0.1) is 0 Å². The molecule has 10 heteroatoms. The zero-order valence-electron chi connectivity index (χ0n) is 23.6. The first-order chi connectivity index (χ1) is 18.0. The predicted octanol–water partition coefficient (Wildman–Crippen LogP) is 3.06. The number of hydroxylamine groups is 2. The van der Waals surface area contributed by atoms with E-state index < -0.39 is 0 Å². The van der Waals surface area contributed by atoms with Crippen LogP contribution in [0.5, 0.6) is 0 Å². The molecule has 3 rings (SSSR count). The summed E-state index contributed by atoms with van der Waals surface area (Å²) >= 11 is 0. The lowest BCUT2D eigenvalue weighted by Crippen LogP contribution is -2.41. The van der Waals surface area contributed by atoms with Crippen molar-refractivity contribution in [2.45, 2.75) is 46.1 Å². The number of carbonyl (C=O) groups is 2. The molecule has 2 aromatic rings. The number of hydrogen-bond acceptors (Lipinski definition) is 7. The molecular weight excluding hydrogens is 489 g/mol. The minimum Gasteiger partial charge on any atom is -0.468 e. The van der Waals surface area contributed by atoms with Crippen LogP contribution in [0.1, 0.15) is 48.4 Å². The SMILES string of the molecule is CNCCN(C)OC(C)(C)CN.Cc1cc(C(=O)N2CCC(COC=O)CC2)c(C)n1-c1ccc(F)cc1. The molecule has 0 saturated carbocycles. The van der Waals surface area contributed by atoms with Crippen LogP contribution >= 0.6 is 0 Å². The van der Waals surface area contributed by atoms with Crippen LogP contribution in [-0.4, -0.2) is 85.9 Å². The van der Waals surface area contributed by atoms with E-state index in [0.29, 0.717) is 44.2 Å². The molecule has 212 valence electrons. The average molecular weight is 534 g/mol. The Morgan fingerprint density at radius 1 is 1.24 bits per heavy atom. The first kappa shape index (κ1) is 31.4. The van der Waals surface area contributed by atoms with Crippen LogP contribution < -0.4 is 11.1 Å². The fourth-order valence-corrected chi connectivity index (χ4v) is 4.39. The quantitative estimate of drug-likeness (QED) is 0.338. The van der Waals surface area contributed by atoms with E-state index >= 15 is 0 Å². The van der Waals surface area contributed by atoms with E-state index in [1.165, 1.54) is 12.1 Å². The molecule has 1 amide bonds. The number of nitrogens with zero attached hydrogens (tertiary/aromatic N) is 3. The number of aryl methyl sites for hydroxylation is 1. The van der Waals surface area contributed by atoms with Crippen LogP contribution in [-0.2, 0) is 14.4 Å². The topological polar surface area (TPSA) is 102 Å². The molecule has 0 radical (unpaired) electrons. The Hall–Kier alpha value is -2.79. The van der Waals surface area contributed by atoms with Gasteiger partial charge in [-0.3, -0.25) is 14.4 Å². The Bertz CT molecular complexity index is 1020. The summed E-state index contributed by atoms with van der Waals surface area (Å²) in [6.45, 7) is 12.3. The third-order valence-electron chi connectivity index (χ3n) is 6.62. The summed E-state index contributed by atoms with van der Waals surface area (Å²) < 4.78 is 20.0. The van der Waals surface area contributed by atoms with Gasteiger partial charge in [0.15, 0.2) is 0 Å². The van der Waals surface area contributed by atoms with E-state index in [0.717, 1.165) is 43.0 Å². The van der Waals surface area contributed by atoms with Crippen molar-refractivity contribution in [1.82, 2.24) is 19.8 Å². The Morgan fingerprint density at radius 3 is 2.42 bits per heavy atom. The number of nitrogens with two attached hydrogens (primary N) is 1. The molecule has 9 nitrogen and oxygen atoms in total. The van der Waals surface area contributed by atoms with Gasteiger partial charge in [0.2, 0.25) is 0 Å². The van der Waals surface area contributed by atoms with Crippen LogP contribution in [0.2, 0.25) is 0 Å². The van der Waals surface area contributed by atoms with Gasteiger partial charge in [-0.25, -0.2) is 4.39 Å². The van der Waals surface area contributed by atoms with Crippen molar-refractivity contribution in [2.24, 2.45) is 11.7 Å². The van der Waals surface area contributed by atoms with E-state index in [9.17, 15) is 14.0 Å². The summed E-state index contributed by atoms with van der Waals surface area (Å²) in [5, 5.41) is 4.86. The molecular formula is C28H44FN5O4. The molecule has 3 N–H and O–H groups in total. The number of aromatic nitrogens is 1. The van der Waals surface area contributed by atoms with Gasteiger partial charge >= 0.3 is 0 Å². The highest BCUT2D eigenvalue weighted by Crippen LogP contribution is 2.25. The fraction of sp³-hybridized carbons (Fsp3) is 0.571. The number of benzene rings is 1. The molecule has 1 aromatic heterocycles. The van der Waals surface area contributed by atoms with Gasteiger partial charge in [0, 0.05) is 56.8 Å². The smallest absolute Gasteiger partial charge is 0.293 e. The van der Waals surface area contributed by atoms with E-state index in [1.807, 2.05) is 62.4 Å². The van der Waals surface area contributed by atoms with Gasteiger partial charge in [0.1, 0.15) is 5.82 Å². The fourth-order valence-electron chi connectivity index (χ4n) is 4.39. The largest absolute Gasteiger partial charge is 0.468 e. The van der Waals surface area contributed by atoms with Crippen LogP contribution in [0.4, 0.5) is 4.39 Å². The van der Waals surface area contributed by atoms with Gasteiger partial charge in [0.25, 0.3) is 12.4 Å². The van der Waals surface area contributed by atoms with Gasteiger partial charge in [0.05, 0.1) is 17.8 Å². The molecule has 1 aliphatic rings. The molecule has 0 unspecified atom stereocenters. The lowest BCUT2D eigenvalue weighted by atomic mass is 9.97. The second-order valence-corrected chi connectivity index (χ2v) is 10.3. The maximum absolute atomic E-state index is 13.2. The molecule has 0 atom stereocenters. The van der Waals surface area contributed by atoms with Gasteiger partial charge < -0.3 is 25.3 Å². The van der Waals surface area contributed by atoms with Crippen molar-refractivity contribution >= 4 is 12.4 Å². The second-order valence-electron chi connectivity index (χ2n) is 10.3. The highest BCUT2D eigenvalue weighted by Gasteiger charge is 2.26. The molecule has 1 saturated heterocycles. The number of ether oxygens (including phenoxy) is 1. The molecule has 0 aliphatic carbocycles. The number of halogens is 1. The summed E-state index contributed by atoms with van der Waals surface area (Å²) in [5.41, 5.74) is 8.56. The lowest BCUT2D eigenvalue weighted by molar-refractivity contribution is -0.215. The second kappa shape index (κ2) is 15.0. The minimum atomic E-state index is -0.283.